The van der Waals surface area contributed by atoms with Crippen molar-refractivity contribution < 1.29 is 35.6 Å². The van der Waals surface area contributed by atoms with Gasteiger partial charge in [0.2, 0.25) is 22.8 Å². The second kappa shape index (κ2) is 11.8. The van der Waals surface area contributed by atoms with Crippen LogP contribution in [0.2, 0.25) is 0 Å². The quantitative estimate of drug-likeness (QED) is 0.236. The van der Waals surface area contributed by atoms with E-state index < -0.39 is 23.6 Å². The number of esters is 1. The van der Waals surface area contributed by atoms with Crippen LogP contribution in [0.5, 0.6) is 0 Å². The molecule has 2 aliphatic heterocycles. The number of hydrogen-bond acceptors (Lipinski definition) is 5. The summed E-state index contributed by atoms with van der Waals surface area (Å²) in [6.07, 6.45) is 3.42. The number of carbonyl (C=O) groups excluding carboxylic acids is 3. The number of nitrogens with one attached hydrogen (secondary N) is 2. The number of carboxylic acid groups (broad SMARTS) is 1. The second-order valence-corrected chi connectivity index (χ2v) is 11.2. The van der Waals surface area contributed by atoms with Crippen LogP contribution in [-0.2, 0) is 14.3 Å². The van der Waals surface area contributed by atoms with E-state index in [9.17, 15) is 19.5 Å². The summed E-state index contributed by atoms with van der Waals surface area (Å²) in [6.45, 7) is 15.7. The van der Waals surface area contributed by atoms with Gasteiger partial charge in [-0.1, -0.05) is 36.4 Å². The maximum absolute atomic E-state index is 13.9. The van der Waals surface area contributed by atoms with Crippen molar-refractivity contribution in [1.82, 2.24) is 9.97 Å². The summed E-state index contributed by atoms with van der Waals surface area (Å²) < 4.78 is 5.10. The van der Waals surface area contributed by atoms with Crippen LogP contribution in [0.3, 0.4) is 0 Å². The number of aromatic nitrogens is 4. The smallest absolute Gasteiger partial charge is 0.657 e. The number of aliphatic carboxylic acids is 1. The molecule has 0 saturated heterocycles. The number of Topliss-reactive ketones (excluding diaryl/α,β-unsaturated/α-hetero) is 1. The van der Waals surface area contributed by atoms with Crippen LogP contribution in [0.25, 0.3) is 50.4 Å². The van der Waals surface area contributed by atoms with Crippen molar-refractivity contribution >= 4 is 91.2 Å². The molecule has 5 heterocycles. The molecule has 3 aromatic rings. The summed E-state index contributed by atoms with van der Waals surface area (Å²) >= 11 is 0. The van der Waals surface area contributed by atoms with Gasteiger partial charge in [-0.15, -0.1) is 22.1 Å². The largest absolute Gasteiger partial charge is 2.00 e. The van der Waals surface area contributed by atoms with Gasteiger partial charge in [-0.2, -0.15) is 0 Å². The molecule has 0 saturated carbocycles. The van der Waals surface area contributed by atoms with Crippen LogP contribution in [0.1, 0.15) is 89.4 Å². The third-order valence-corrected chi connectivity index (χ3v) is 8.91. The number of carboxylic acids is 1. The number of rotatable bonds is 6. The van der Waals surface area contributed by atoms with E-state index in [2.05, 4.69) is 23.1 Å². The van der Waals surface area contributed by atoms with Gasteiger partial charge in [-0.05, 0) is 64.3 Å². The first-order valence-electron chi connectivity index (χ1n) is 14.3. The molecule has 45 heavy (non-hydrogen) atoms. The first-order chi connectivity index (χ1) is 21.0. The predicted octanol–water partition coefficient (Wildman–Crippen LogP) is 3.43. The van der Waals surface area contributed by atoms with Gasteiger partial charge in [-0.25, -0.2) is 9.97 Å². The second-order valence-electron chi connectivity index (χ2n) is 11.2. The number of ether oxygens (including phenoxy) is 1. The van der Waals surface area contributed by atoms with E-state index >= 15 is 0 Å². The fraction of sp³-hybridized carbons (Fsp3) is 0.229. The number of aromatic amines is 2. The molecule has 0 spiro atoms. The molecule has 0 amide bonds. The Bertz CT molecular complexity index is 2120. The minimum Gasteiger partial charge on any atom is -0.657 e. The Morgan fingerprint density at radius 1 is 0.956 bits per heavy atom. The van der Waals surface area contributed by atoms with Crippen molar-refractivity contribution in [3.8, 4) is 0 Å². The summed E-state index contributed by atoms with van der Waals surface area (Å²) in [5, 5.41) is 11.6. The van der Waals surface area contributed by atoms with Crippen molar-refractivity contribution in [2.45, 2.75) is 46.5 Å². The number of hydrogen-bond donors (Lipinski definition) is 0. The molecule has 1 unspecified atom stereocenters. The molecular formula is C35H32MgN4O5+2. The van der Waals surface area contributed by atoms with Gasteiger partial charge in [0, 0.05) is 33.8 Å². The first kappa shape index (κ1) is 31.9. The Hall–Kier alpha value is -4.54. The normalized spacial score (nSPS) is 15.3. The topological polar surface area (TPSA) is 140 Å². The molecule has 8 bridgehead atoms. The molecule has 6 rings (SSSR count). The molecule has 9 nitrogen and oxygen atoms in total. The minimum atomic E-state index is -1.26. The Balaban J connectivity index is 0.00000240. The number of allylic oxidation sites excluding steroid dienone is 5. The molecule has 0 fully saturated rings. The number of nitrogens with zero attached hydrogens (tertiary/aromatic N) is 2. The number of aryl methyl sites for hydroxylation is 2. The zero-order valence-corrected chi connectivity index (χ0v) is 27.3. The van der Waals surface area contributed by atoms with E-state index in [4.69, 9.17) is 14.7 Å². The summed E-state index contributed by atoms with van der Waals surface area (Å²) in [4.78, 5) is 55.5. The number of methoxy groups -OCH3 is 1. The van der Waals surface area contributed by atoms with Gasteiger partial charge in [0.25, 0.3) is 0 Å². The van der Waals surface area contributed by atoms with Crippen molar-refractivity contribution in [2.24, 2.45) is 0 Å². The molecule has 1 atom stereocenters. The molecule has 3 aromatic heterocycles. The van der Waals surface area contributed by atoms with E-state index in [1.165, 1.54) is 7.11 Å². The maximum atomic E-state index is 13.9. The Morgan fingerprint density at radius 2 is 1.60 bits per heavy atom. The van der Waals surface area contributed by atoms with Gasteiger partial charge in [-0.3, -0.25) is 9.59 Å². The average molecular weight is 613 g/mol. The number of carbonyl (C=O) groups is 3. The van der Waals surface area contributed by atoms with Crippen molar-refractivity contribution in [1.29, 1.82) is 0 Å². The van der Waals surface area contributed by atoms with Crippen LogP contribution in [0.15, 0.2) is 37.4 Å². The van der Waals surface area contributed by atoms with Crippen LogP contribution < -0.4 is 25.0 Å². The number of ketones is 1. The number of H-pyrrole nitrogens is 2. The molecule has 1 aliphatic carbocycles. The van der Waals surface area contributed by atoms with E-state index in [1.54, 1.807) is 12.2 Å². The molecule has 2 N–H and O–H groups in total. The molecule has 3 aliphatic rings. The zero-order valence-electron chi connectivity index (χ0n) is 26.9. The Labute approximate surface area is 277 Å². The zero-order chi connectivity index (χ0) is 31.6. The molecule has 222 valence electrons. The van der Waals surface area contributed by atoms with Crippen molar-refractivity contribution in [3.05, 3.63) is 88.0 Å². The fourth-order valence-electron chi connectivity index (χ4n) is 6.48. The number of fused-ring (bicyclic) bond motifs is 8. The van der Waals surface area contributed by atoms with E-state index in [0.717, 1.165) is 44.8 Å². The monoisotopic (exact) mass is 612 g/mol. The minimum absolute atomic E-state index is 0. The maximum Gasteiger partial charge on any atom is 2.00 e. The fourth-order valence-corrected chi connectivity index (χ4v) is 6.48. The third-order valence-electron chi connectivity index (χ3n) is 8.91. The van der Waals surface area contributed by atoms with Gasteiger partial charge in [0.15, 0.2) is 11.7 Å². The van der Waals surface area contributed by atoms with Gasteiger partial charge < -0.3 is 24.6 Å². The SMILES string of the molecule is C=CC1=C(C)c2cc3[n-]c(cc4[nH+]c(c5c6[n-]c(cc1[nH+]2)c(C)c6C(=O)C5C(=O)OC)C(CCC(=O)[O-])=C4C)c(C)c3C=C.[H+].[Mg+2]. The standard InChI is InChI=1S/C35H32N4O5.Mg/c1-8-19-15(3)22-12-24-17(5)21(10-11-28(40)41)32(38-24)30-31(35(43)44-7)34(42)29-18(6)25(39-33(29)30)14-27-20(9-2)16(4)23(37-27)13-26(19)36-22;/h8-9,12-14,31H,1-2,10-11H2,3-7H3,(H3,36,37,38,39,40,41,42);/q;+2. The average Bonchev–Trinajstić information content (AvgIpc) is 3.72. The summed E-state index contributed by atoms with van der Waals surface area (Å²) in [5.41, 5.74) is 11.5. The van der Waals surface area contributed by atoms with Gasteiger partial charge in [0.1, 0.15) is 0 Å². The van der Waals surface area contributed by atoms with Crippen molar-refractivity contribution in [3.63, 3.8) is 0 Å². The van der Waals surface area contributed by atoms with Crippen LogP contribution >= 0.6 is 0 Å². The van der Waals surface area contributed by atoms with Gasteiger partial charge in [0.05, 0.1) is 12.7 Å². The molecule has 0 radical (unpaired) electrons. The predicted molar refractivity (Wildman–Crippen MR) is 171 cm³/mol. The van der Waals surface area contributed by atoms with Crippen LogP contribution in [-0.4, -0.2) is 47.9 Å². The van der Waals surface area contributed by atoms with Crippen LogP contribution in [0, 0.1) is 13.8 Å². The van der Waals surface area contributed by atoms with Crippen LogP contribution in [0.4, 0.5) is 0 Å². The summed E-state index contributed by atoms with van der Waals surface area (Å²) in [7, 11) is 1.24. The van der Waals surface area contributed by atoms with E-state index in [1.807, 2.05) is 45.9 Å². The Morgan fingerprint density at radius 3 is 2.24 bits per heavy atom. The van der Waals surface area contributed by atoms with E-state index in [0.29, 0.717) is 50.2 Å². The van der Waals surface area contributed by atoms with E-state index in [-0.39, 0.29) is 37.3 Å². The summed E-state index contributed by atoms with van der Waals surface area (Å²) in [5.74, 6) is -3.59. The summed E-state index contributed by atoms with van der Waals surface area (Å²) in [6, 6.07) is 5.74. The Kier molecular flexibility index (Phi) is 8.32. The molecular weight excluding hydrogens is 581 g/mol. The van der Waals surface area contributed by atoms with Gasteiger partial charge >= 0.3 is 30.4 Å². The first-order valence-corrected chi connectivity index (χ1v) is 14.3. The van der Waals surface area contributed by atoms with Crippen molar-refractivity contribution in [2.75, 3.05) is 7.11 Å². The molecule has 0 aromatic carbocycles. The molecule has 10 heteroatoms. The third kappa shape index (κ3) is 4.88.